The quantitative estimate of drug-likeness (QED) is 0.386. The highest BCUT2D eigenvalue weighted by Gasteiger charge is 2.38. The Bertz CT molecular complexity index is 396. The van der Waals surface area contributed by atoms with E-state index in [1.165, 1.54) is 32.1 Å². The molecule has 0 spiro atoms. The fraction of sp³-hybridized carbons (Fsp3) is 0.947. The van der Waals surface area contributed by atoms with E-state index in [2.05, 4.69) is 22.5 Å². The summed E-state index contributed by atoms with van der Waals surface area (Å²) in [5.74, 6) is 3.99. The van der Waals surface area contributed by atoms with E-state index < -0.39 is 0 Å². The fourth-order valence-electron chi connectivity index (χ4n) is 4.60. The van der Waals surface area contributed by atoms with Gasteiger partial charge < -0.3 is 20.1 Å². The Kier molecular flexibility index (Phi) is 7.21. The summed E-state index contributed by atoms with van der Waals surface area (Å²) in [5, 5.41) is 6.87. The molecule has 4 atom stereocenters. The summed E-state index contributed by atoms with van der Waals surface area (Å²) in [6.07, 6.45) is 9.57. The number of hydrogen-bond acceptors (Lipinski definition) is 3. The average molecular weight is 338 g/mol. The van der Waals surface area contributed by atoms with Gasteiger partial charge in [-0.3, -0.25) is 4.99 Å². The first kappa shape index (κ1) is 18.0. The van der Waals surface area contributed by atoms with Gasteiger partial charge in [0.1, 0.15) is 0 Å². The Morgan fingerprint density at radius 3 is 2.88 bits per heavy atom. The van der Waals surface area contributed by atoms with Crippen LogP contribution in [0.15, 0.2) is 4.99 Å². The molecule has 0 aromatic carbocycles. The molecule has 0 aromatic heterocycles. The Labute approximate surface area is 147 Å². The Morgan fingerprint density at radius 2 is 2.17 bits per heavy atom. The maximum absolute atomic E-state index is 5.79. The van der Waals surface area contributed by atoms with Crippen LogP contribution in [0.3, 0.4) is 0 Å². The number of nitrogens with zero attached hydrogens (tertiary/aromatic N) is 1. The van der Waals surface area contributed by atoms with Crippen molar-refractivity contribution in [1.29, 1.82) is 0 Å². The summed E-state index contributed by atoms with van der Waals surface area (Å²) < 4.78 is 11.1. The zero-order chi connectivity index (χ0) is 16.6. The number of guanidine groups is 1. The van der Waals surface area contributed by atoms with Crippen LogP contribution in [0.2, 0.25) is 0 Å². The second-order valence-corrected chi connectivity index (χ2v) is 7.62. The minimum absolute atomic E-state index is 0.307. The van der Waals surface area contributed by atoms with Gasteiger partial charge in [-0.15, -0.1) is 0 Å². The van der Waals surface area contributed by atoms with E-state index in [0.717, 1.165) is 76.0 Å². The largest absolute Gasteiger partial charge is 0.379 e. The van der Waals surface area contributed by atoms with Crippen LogP contribution in [0.4, 0.5) is 0 Å². The van der Waals surface area contributed by atoms with Crippen molar-refractivity contribution in [2.75, 3.05) is 39.5 Å². The summed E-state index contributed by atoms with van der Waals surface area (Å²) in [4.78, 5) is 4.67. The molecule has 2 bridgehead atoms. The van der Waals surface area contributed by atoms with Gasteiger partial charge >= 0.3 is 0 Å². The molecule has 138 valence electrons. The zero-order valence-electron chi connectivity index (χ0n) is 15.3. The molecule has 1 saturated heterocycles. The molecule has 24 heavy (non-hydrogen) atoms. The first-order valence-electron chi connectivity index (χ1n) is 10.1. The SMILES string of the molecule is CCNC(=NCCCOC1CCOC1)NCCC1CC2CCC1C2. The fourth-order valence-corrected chi connectivity index (χ4v) is 4.60. The lowest BCUT2D eigenvalue weighted by Gasteiger charge is -2.22. The molecular weight excluding hydrogens is 302 g/mol. The average Bonchev–Trinajstić information content (AvgIpc) is 3.32. The molecule has 4 unspecified atom stereocenters. The number of fused-ring (bicyclic) bond motifs is 2. The maximum Gasteiger partial charge on any atom is 0.191 e. The van der Waals surface area contributed by atoms with Crippen LogP contribution in [0.1, 0.15) is 51.9 Å². The van der Waals surface area contributed by atoms with Gasteiger partial charge in [0.05, 0.1) is 12.7 Å². The Hall–Kier alpha value is -0.810. The number of rotatable bonds is 9. The number of aliphatic imine (C=N–C) groups is 1. The Morgan fingerprint density at radius 1 is 1.21 bits per heavy atom. The van der Waals surface area contributed by atoms with Gasteiger partial charge in [-0.2, -0.15) is 0 Å². The predicted molar refractivity (Wildman–Crippen MR) is 97.3 cm³/mol. The number of ether oxygens (including phenoxy) is 2. The van der Waals surface area contributed by atoms with Crippen molar-refractivity contribution in [3.63, 3.8) is 0 Å². The van der Waals surface area contributed by atoms with E-state index >= 15 is 0 Å². The minimum Gasteiger partial charge on any atom is -0.379 e. The van der Waals surface area contributed by atoms with Gasteiger partial charge in [0.15, 0.2) is 5.96 Å². The molecule has 5 heteroatoms. The summed E-state index contributed by atoms with van der Waals surface area (Å²) in [5.41, 5.74) is 0. The third-order valence-electron chi connectivity index (χ3n) is 5.85. The van der Waals surface area contributed by atoms with Crippen molar-refractivity contribution in [3.05, 3.63) is 0 Å². The van der Waals surface area contributed by atoms with Crippen LogP contribution < -0.4 is 10.6 Å². The lowest BCUT2D eigenvalue weighted by molar-refractivity contribution is 0.0424. The lowest BCUT2D eigenvalue weighted by atomic mass is 9.86. The molecule has 2 saturated carbocycles. The van der Waals surface area contributed by atoms with Gasteiger partial charge in [-0.1, -0.05) is 6.42 Å². The first-order chi connectivity index (χ1) is 11.8. The molecule has 0 amide bonds. The van der Waals surface area contributed by atoms with Crippen molar-refractivity contribution in [2.45, 2.75) is 58.0 Å². The van der Waals surface area contributed by atoms with Crippen LogP contribution in [0.5, 0.6) is 0 Å². The molecule has 3 rings (SSSR count). The zero-order valence-corrected chi connectivity index (χ0v) is 15.3. The highest BCUT2D eigenvalue weighted by molar-refractivity contribution is 5.79. The van der Waals surface area contributed by atoms with Crippen LogP contribution in [0, 0.1) is 17.8 Å². The number of hydrogen-bond donors (Lipinski definition) is 2. The van der Waals surface area contributed by atoms with E-state index in [9.17, 15) is 0 Å². The topological polar surface area (TPSA) is 54.9 Å². The highest BCUT2D eigenvalue weighted by Crippen LogP contribution is 2.49. The molecule has 0 aromatic rings. The summed E-state index contributed by atoms with van der Waals surface area (Å²) in [7, 11) is 0. The molecule has 3 aliphatic rings. The molecule has 3 fully saturated rings. The van der Waals surface area contributed by atoms with Crippen LogP contribution in [-0.2, 0) is 9.47 Å². The third kappa shape index (κ3) is 5.35. The van der Waals surface area contributed by atoms with E-state index in [1.807, 2.05) is 0 Å². The molecule has 0 radical (unpaired) electrons. The second kappa shape index (κ2) is 9.62. The first-order valence-corrected chi connectivity index (χ1v) is 10.1. The monoisotopic (exact) mass is 337 g/mol. The van der Waals surface area contributed by atoms with Crippen molar-refractivity contribution in [3.8, 4) is 0 Å². The van der Waals surface area contributed by atoms with Crippen molar-refractivity contribution >= 4 is 5.96 Å². The van der Waals surface area contributed by atoms with E-state index in [0.29, 0.717) is 6.10 Å². The molecule has 2 N–H and O–H groups in total. The van der Waals surface area contributed by atoms with E-state index in [1.54, 1.807) is 0 Å². The van der Waals surface area contributed by atoms with E-state index in [-0.39, 0.29) is 0 Å². The van der Waals surface area contributed by atoms with Crippen molar-refractivity contribution in [1.82, 2.24) is 10.6 Å². The van der Waals surface area contributed by atoms with Gasteiger partial charge in [0.25, 0.3) is 0 Å². The number of nitrogens with one attached hydrogen (secondary N) is 2. The summed E-state index contributed by atoms with van der Waals surface area (Å²) in [6, 6.07) is 0. The highest BCUT2D eigenvalue weighted by atomic mass is 16.5. The van der Waals surface area contributed by atoms with E-state index in [4.69, 9.17) is 9.47 Å². The van der Waals surface area contributed by atoms with Gasteiger partial charge in [0, 0.05) is 32.8 Å². The lowest BCUT2D eigenvalue weighted by Crippen LogP contribution is -2.38. The smallest absolute Gasteiger partial charge is 0.191 e. The Balaban J connectivity index is 1.28. The molecular formula is C19H35N3O2. The standard InChI is InChI=1S/C19H35N3O2/c1-2-20-19(21-8-3-10-24-18-7-11-23-14-18)22-9-6-17-13-15-4-5-16(17)12-15/h15-18H,2-14H2,1H3,(H2,20,21,22). The van der Waals surface area contributed by atoms with Crippen molar-refractivity contribution < 1.29 is 9.47 Å². The summed E-state index contributed by atoms with van der Waals surface area (Å²) in [6.45, 7) is 7.29. The van der Waals surface area contributed by atoms with Crippen LogP contribution in [-0.4, -0.2) is 51.5 Å². The second-order valence-electron chi connectivity index (χ2n) is 7.62. The van der Waals surface area contributed by atoms with Gasteiger partial charge in [-0.05, 0) is 63.2 Å². The molecule has 5 nitrogen and oxygen atoms in total. The molecule has 1 aliphatic heterocycles. The maximum atomic E-state index is 5.79. The molecule has 1 heterocycles. The molecule has 2 aliphatic carbocycles. The van der Waals surface area contributed by atoms with Gasteiger partial charge in [-0.25, -0.2) is 0 Å². The predicted octanol–water partition coefficient (Wildman–Crippen LogP) is 2.56. The third-order valence-corrected chi connectivity index (χ3v) is 5.85. The normalized spacial score (nSPS) is 32.5. The van der Waals surface area contributed by atoms with Gasteiger partial charge in [0.2, 0.25) is 0 Å². The summed E-state index contributed by atoms with van der Waals surface area (Å²) >= 11 is 0. The van der Waals surface area contributed by atoms with Crippen molar-refractivity contribution in [2.24, 2.45) is 22.7 Å². The minimum atomic E-state index is 0.307. The van der Waals surface area contributed by atoms with Crippen LogP contribution in [0.25, 0.3) is 0 Å². The van der Waals surface area contributed by atoms with Crippen LogP contribution >= 0.6 is 0 Å².